The number of hydrogen-bond acceptors (Lipinski definition) is 4. The van der Waals surface area contributed by atoms with Crippen molar-refractivity contribution < 1.29 is 14.3 Å². The number of carbonyl (C=O) groups is 1. The van der Waals surface area contributed by atoms with Gasteiger partial charge in [0.25, 0.3) is 0 Å². The topological polar surface area (TPSA) is 75.2 Å². The number of ether oxygens (including phenoxy) is 2. The number of piperidine rings is 1. The number of likely N-dealkylation sites (tertiary alicyclic amines) is 1. The third kappa shape index (κ3) is 10.3. The Morgan fingerprint density at radius 1 is 1.21 bits per heavy atom. The average Bonchev–Trinajstić information content (AvgIpc) is 2.71. The van der Waals surface area contributed by atoms with Gasteiger partial charge >= 0.3 is 0 Å². The molecule has 2 fully saturated rings. The van der Waals surface area contributed by atoms with Crippen LogP contribution in [0.5, 0.6) is 0 Å². The van der Waals surface area contributed by atoms with Crippen LogP contribution >= 0.6 is 24.0 Å². The molecule has 2 N–H and O–H groups in total. The SMILES string of the molecule is CCNC(=NCCCOCC1CCOCC1)NC1CCN(C(=O)C(C)C)CC1.I. The number of rotatable bonds is 9. The van der Waals surface area contributed by atoms with Crippen LogP contribution in [0.4, 0.5) is 0 Å². The van der Waals surface area contributed by atoms with Gasteiger partial charge in [0.15, 0.2) is 5.96 Å². The van der Waals surface area contributed by atoms with E-state index in [4.69, 9.17) is 9.47 Å². The first kappa shape index (κ1) is 26.4. The van der Waals surface area contributed by atoms with E-state index in [2.05, 4.69) is 22.5 Å². The smallest absolute Gasteiger partial charge is 0.225 e. The van der Waals surface area contributed by atoms with Gasteiger partial charge in [0.1, 0.15) is 0 Å². The highest BCUT2D eigenvalue weighted by Gasteiger charge is 2.24. The molecule has 0 bridgehead atoms. The number of guanidine groups is 1. The summed E-state index contributed by atoms with van der Waals surface area (Å²) in [4.78, 5) is 18.8. The molecule has 1 amide bonds. The van der Waals surface area contributed by atoms with Gasteiger partial charge in [0, 0.05) is 64.6 Å². The van der Waals surface area contributed by atoms with Crippen LogP contribution in [0.15, 0.2) is 4.99 Å². The van der Waals surface area contributed by atoms with Crippen LogP contribution < -0.4 is 10.6 Å². The molecule has 2 aliphatic rings. The summed E-state index contributed by atoms with van der Waals surface area (Å²) in [5.41, 5.74) is 0. The van der Waals surface area contributed by atoms with Crippen LogP contribution in [-0.2, 0) is 14.3 Å². The second-order valence-corrected chi connectivity index (χ2v) is 8.14. The number of aliphatic imine (C=N–C) groups is 1. The van der Waals surface area contributed by atoms with Gasteiger partial charge in [0.05, 0.1) is 0 Å². The summed E-state index contributed by atoms with van der Waals surface area (Å²) in [7, 11) is 0. The van der Waals surface area contributed by atoms with E-state index in [0.717, 1.165) is 90.7 Å². The molecule has 2 heterocycles. The van der Waals surface area contributed by atoms with Gasteiger partial charge in [-0.15, -0.1) is 24.0 Å². The van der Waals surface area contributed by atoms with Crippen molar-refractivity contribution in [2.75, 3.05) is 52.6 Å². The standard InChI is InChI=1S/C21H40N4O3.HI/c1-4-22-21(23-10-5-13-28-16-18-8-14-27-15-9-18)24-19-6-11-25(12-7-19)20(26)17(2)3;/h17-19H,4-16H2,1-3H3,(H2,22,23,24);1H. The summed E-state index contributed by atoms with van der Waals surface area (Å²) in [6, 6.07) is 0.374. The monoisotopic (exact) mass is 524 g/mol. The molecule has 0 aliphatic carbocycles. The first-order chi connectivity index (χ1) is 13.6. The third-order valence-electron chi connectivity index (χ3n) is 5.40. The minimum absolute atomic E-state index is 0. The number of carbonyl (C=O) groups excluding carboxylic acids is 1. The van der Waals surface area contributed by atoms with Crippen LogP contribution in [-0.4, -0.2) is 75.4 Å². The van der Waals surface area contributed by atoms with Crippen LogP contribution in [0, 0.1) is 11.8 Å². The number of nitrogens with one attached hydrogen (secondary N) is 2. The molecule has 0 saturated carbocycles. The molecule has 0 spiro atoms. The van der Waals surface area contributed by atoms with Gasteiger partial charge < -0.3 is 25.0 Å². The minimum Gasteiger partial charge on any atom is -0.381 e. The van der Waals surface area contributed by atoms with E-state index < -0.39 is 0 Å². The van der Waals surface area contributed by atoms with Gasteiger partial charge in [0.2, 0.25) is 5.91 Å². The van der Waals surface area contributed by atoms with Crippen LogP contribution in [0.1, 0.15) is 52.9 Å². The fraction of sp³-hybridized carbons (Fsp3) is 0.905. The molecule has 0 aromatic heterocycles. The van der Waals surface area contributed by atoms with Gasteiger partial charge in [-0.3, -0.25) is 9.79 Å². The van der Waals surface area contributed by atoms with E-state index in [1.54, 1.807) is 0 Å². The van der Waals surface area contributed by atoms with Crippen LogP contribution in [0.25, 0.3) is 0 Å². The first-order valence-corrected chi connectivity index (χ1v) is 11.1. The van der Waals surface area contributed by atoms with Gasteiger partial charge in [-0.05, 0) is 44.9 Å². The molecule has 0 unspecified atom stereocenters. The van der Waals surface area contributed by atoms with Crippen molar-refractivity contribution in [3.8, 4) is 0 Å². The lowest BCUT2D eigenvalue weighted by atomic mass is 10.0. The van der Waals surface area contributed by atoms with Crippen molar-refractivity contribution in [2.24, 2.45) is 16.8 Å². The molecule has 0 aromatic carbocycles. The summed E-state index contributed by atoms with van der Waals surface area (Å²) in [6.07, 6.45) is 5.11. The molecule has 2 rings (SSSR count). The van der Waals surface area contributed by atoms with Crippen molar-refractivity contribution in [1.82, 2.24) is 15.5 Å². The van der Waals surface area contributed by atoms with E-state index in [9.17, 15) is 4.79 Å². The number of halogens is 1. The minimum atomic E-state index is 0. The summed E-state index contributed by atoms with van der Waals surface area (Å²) >= 11 is 0. The lowest BCUT2D eigenvalue weighted by Crippen LogP contribution is -2.50. The zero-order chi connectivity index (χ0) is 20.2. The fourth-order valence-corrected chi connectivity index (χ4v) is 3.64. The van der Waals surface area contributed by atoms with Crippen LogP contribution in [0.3, 0.4) is 0 Å². The lowest BCUT2D eigenvalue weighted by Gasteiger charge is -2.34. The highest BCUT2D eigenvalue weighted by atomic mass is 127. The molecule has 29 heavy (non-hydrogen) atoms. The van der Waals surface area contributed by atoms with Crippen molar-refractivity contribution >= 4 is 35.8 Å². The normalized spacial score (nSPS) is 19.2. The van der Waals surface area contributed by atoms with Crippen molar-refractivity contribution in [1.29, 1.82) is 0 Å². The van der Waals surface area contributed by atoms with Gasteiger partial charge in [-0.2, -0.15) is 0 Å². The Labute approximate surface area is 193 Å². The molecule has 0 radical (unpaired) electrons. The summed E-state index contributed by atoms with van der Waals surface area (Å²) in [5.74, 6) is 1.88. The lowest BCUT2D eigenvalue weighted by molar-refractivity contribution is -0.135. The predicted molar refractivity (Wildman–Crippen MR) is 128 cm³/mol. The summed E-state index contributed by atoms with van der Waals surface area (Å²) < 4.78 is 11.2. The fourth-order valence-electron chi connectivity index (χ4n) is 3.64. The third-order valence-corrected chi connectivity index (χ3v) is 5.40. The Kier molecular flexibility index (Phi) is 13.9. The molecule has 170 valence electrons. The largest absolute Gasteiger partial charge is 0.381 e. The maximum atomic E-state index is 12.1. The van der Waals surface area contributed by atoms with E-state index in [-0.39, 0.29) is 35.8 Å². The average molecular weight is 524 g/mol. The molecule has 2 aliphatic heterocycles. The van der Waals surface area contributed by atoms with E-state index >= 15 is 0 Å². The Morgan fingerprint density at radius 2 is 1.90 bits per heavy atom. The Hall–Kier alpha value is -0.610. The Morgan fingerprint density at radius 3 is 2.52 bits per heavy atom. The molecule has 0 aromatic rings. The number of nitrogens with zero attached hydrogens (tertiary/aromatic N) is 2. The van der Waals surface area contributed by atoms with Crippen LogP contribution in [0.2, 0.25) is 0 Å². The highest BCUT2D eigenvalue weighted by Crippen LogP contribution is 2.15. The Balaban J connectivity index is 0.00000420. The molecule has 2 saturated heterocycles. The van der Waals surface area contributed by atoms with E-state index in [1.807, 2.05) is 18.7 Å². The first-order valence-electron chi connectivity index (χ1n) is 11.1. The number of hydrogen-bond donors (Lipinski definition) is 2. The summed E-state index contributed by atoms with van der Waals surface area (Å²) in [6.45, 7) is 12.6. The quantitative estimate of drug-likeness (QED) is 0.210. The van der Waals surface area contributed by atoms with Gasteiger partial charge in [-0.1, -0.05) is 13.8 Å². The van der Waals surface area contributed by atoms with Crippen molar-refractivity contribution in [3.05, 3.63) is 0 Å². The molecular weight excluding hydrogens is 483 g/mol. The molecule has 0 atom stereocenters. The highest BCUT2D eigenvalue weighted by molar-refractivity contribution is 14.0. The summed E-state index contributed by atoms with van der Waals surface area (Å²) in [5, 5.41) is 6.86. The maximum Gasteiger partial charge on any atom is 0.225 e. The van der Waals surface area contributed by atoms with E-state index in [1.165, 1.54) is 0 Å². The molecule has 7 nitrogen and oxygen atoms in total. The second kappa shape index (κ2) is 15.2. The maximum absolute atomic E-state index is 12.1. The van der Waals surface area contributed by atoms with E-state index in [0.29, 0.717) is 12.0 Å². The predicted octanol–water partition coefficient (Wildman–Crippen LogP) is 2.64. The van der Waals surface area contributed by atoms with Crippen molar-refractivity contribution in [3.63, 3.8) is 0 Å². The second-order valence-electron chi connectivity index (χ2n) is 8.14. The zero-order valence-electron chi connectivity index (χ0n) is 18.5. The number of amides is 1. The Bertz CT molecular complexity index is 477. The zero-order valence-corrected chi connectivity index (χ0v) is 20.8. The molecule has 8 heteroatoms. The van der Waals surface area contributed by atoms with Gasteiger partial charge in [-0.25, -0.2) is 0 Å². The van der Waals surface area contributed by atoms with Crippen molar-refractivity contribution in [2.45, 2.75) is 58.9 Å². The molecular formula is C21H41IN4O3.